The standard InChI is InChI=1S/C18H15BrN2O4/c1-11(17(22)21-13-5-3-4-12(8-13)10-20)25-18(23)15-9-14(24-2)6-7-16(15)19/h3-9,11H,1-2H3,(H,21,22). The number of rotatable bonds is 5. The van der Waals surface area contributed by atoms with Crippen molar-refractivity contribution in [3.8, 4) is 11.8 Å². The maximum absolute atomic E-state index is 12.3. The van der Waals surface area contributed by atoms with Crippen molar-refractivity contribution in [2.45, 2.75) is 13.0 Å². The van der Waals surface area contributed by atoms with Gasteiger partial charge in [0, 0.05) is 10.2 Å². The van der Waals surface area contributed by atoms with Crippen LogP contribution in [0, 0.1) is 11.3 Å². The van der Waals surface area contributed by atoms with Crippen LogP contribution in [0.25, 0.3) is 0 Å². The number of ether oxygens (including phenoxy) is 2. The molecular weight excluding hydrogens is 388 g/mol. The molecule has 0 saturated carbocycles. The van der Waals surface area contributed by atoms with Crippen molar-refractivity contribution >= 4 is 33.5 Å². The normalized spacial score (nSPS) is 11.1. The maximum Gasteiger partial charge on any atom is 0.340 e. The summed E-state index contributed by atoms with van der Waals surface area (Å²) < 4.78 is 10.8. The first-order chi connectivity index (χ1) is 11.9. The average Bonchev–Trinajstić information content (AvgIpc) is 2.62. The molecule has 0 bridgehead atoms. The van der Waals surface area contributed by atoms with Gasteiger partial charge in [-0.1, -0.05) is 6.07 Å². The van der Waals surface area contributed by atoms with E-state index in [9.17, 15) is 9.59 Å². The van der Waals surface area contributed by atoms with Crippen molar-refractivity contribution in [3.63, 3.8) is 0 Å². The lowest BCUT2D eigenvalue weighted by Gasteiger charge is -2.14. The first-order valence-corrected chi connectivity index (χ1v) is 8.09. The maximum atomic E-state index is 12.3. The molecule has 7 heteroatoms. The van der Waals surface area contributed by atoms with Crippen LogP contribution >= 0.6 is 15.9 Å². The van der Waals surface area contributed by atoms with E-state index in [0.717, 1.165) is 0 Å². The number of methoxy groups -OCH3 is 1. The smallest absolute Gasteiger partial charge is 0.340 e. The fraction of sp³-hybridized carbons (Fsp3) is 0.167. The quantitative estimate of drug-likeness (QED) is 0.772. The fourth-order valence-corrected chi connectivity index (χ4v) is 2.38. The molecule has 0 aliphatic rings. The number of hydrogen-bond donors (Lipinski definition) is 1. The van der Waals surface area contributed by atoms with Crippen LogP contribution in [0.15, 0.2) is 46.9 Å². The molecule has 128 valence electrons. The van der Waals surface area contributed by atoms with Gasteiger partial charge in [0.2, 0.25) is 0 Å². The molecule has 2 aromatic rings. The number of anilines is 1. The van der Waals surface area contributed by atoms with Gasteiger partial charge < -0.3 is 14.8 Å². The molecule has 0 heterocycles. The lowest BCUT2D eigenvalue weighted by atomic mass is 10.2. The molecule has 2 rings (SSSR count). The summed E-state index contributed by atoms with van der Waals surface area (Å²) in [6, 6.07) is 13.3. The lowest BCUT2D eigenvalue weighted by Crippen LogP contribution is -2.30. The van der Waals surface area contributed by atoms with Gasteiger partial charge in [0.05, 0.1) is 24.3 Å². The number of benzene rings is 2. The van der Waals surface area contributed by atoms with Crippen LogP contribution in [0.3, 0.4) is 0 Å². The number of carbonyl (C=O) groups excluding carboxylic acids is 2. The molecule has 0 radical (unpaired) electrons. The number of amides is 1. The molecule has 1 unspecified atom stereocenters. The van der Waals surface area contributed by atoms with E-state index >= 15 is 0 Å². The highest BCUT2D eigenvalue weighted by atomic mass is 79.9. The average molecular weight is 403 g/mol. The third kappa shape index (κ3) is 4.81. The Kier molecular flexibility index (Phi) is 6.14. The van der Waals surface area contributed by atoms with Gasteiger partial charge in [0.1, 0.15) is 5.75 Å². The second kappa shape index (κ2) is 8.31. The summed E-state index contributed by atoms with van der Waals surface area (Å²) in [5, 5.41) is 11.5. The minimum absolute atomic E-state index is 0.255. The molecule has 0 aromatic heterocycles. The van der Waals surface area contributed by atoms with E-state index in [1.807, 2.05) is 6.07 Å². The molecule has 1 N–H and O–H groups in total. The molecule has 0 aliphatic carbocycles. The van der Waals surface area contributed by atoms with Crippen LogP contribution in [-0.4, -0.2) is 25.1 Å². The van der Waals surface area contributed by atoms with Crippen LogP contribution in [-0.2, 0) is 9.53 Å². The van der Waals surface area contributed by atoms with Crippen LogP contribution in [0.2, 0.25) is 0 Å². The Hall–Kier alpha value is -2.85. The summed E-state index contributed by atoms with van der Waals surface area (Å²) >= 11 is 3.27. The first kappa shape index (κ1) is 18.5. The number of nitrogens with one attached hydrogen (secondary N) is 1. The van der Waals surface area contributed by atoms with Gasteiger partial charge in [-0.05, 0) is 59.3 Å². The van der Waals surface area contributed by atoms with E-state index in [1.54, 1.807) is 30.3 Å². The van der Waals surface area contributed by atoms with Gasteiger partial charge in [0.15, 0.2) is 6.10 Å². The van der Waals surface area contributed by atoms with E-state index in [1.165, 1.54) is 26.2 Å². The fourth-order valence-electron chi connectivity index (χ4n) is 1.98. The van der Waals surface area contributed by atoms with Gasteiger partial charge in [-0.3, -0.25) is 4.79 Å². The Morgan fingerprint density at radius 1 is 1.24 bits per heavy atom. The molecular formula is C18H15BrN2O4. The number of nitrogens with zero attached hydrogens (tertiary/aromatic N) is 1. The highest BCUT2D eigenvalue weighted by Gasteiger charge is 2.21. The third-order valence-corrected chi connectivity index (χ3v) is 4.00. The predicted octanol–water partition coefficient (Wildman–Crippen LogP) is 3.51. The zero-order valence-electron chi connectivity index (χ0n) is 13.6. The van der Waals surface area contributed by atoms with Crippen LogP contribution in [0.5, 0.6) is 5.75 Å². The van der Waals surface area contributed by atoms with Crippen molar-refractivity contribution in [1.82, 2.24) is 0 Å². The van der Waals surface area contributed by atoms with Crippen molar-refractivity contribution in [2.24, 2.45) is 0 Å². The second-order valence-corrected chi connectivity index (χ2v) is 5.93. The Balaban J connectivity index is 2.05. The minimum Gasteiger partial charge on any atom is -0.497 e. The molecule has 1 atom stereocenters. The minimum atomic E-state index is -1.02. The summed E-state index contributed by atoms with van der Waals surface area (Å²) in [6.45, 7) is 1.47. The van der Waals surface area contributed by atoms with Crippen molar-refractivity contribution in [1.29, 1.82) is 5.26 Å². The van der Waals surface area contributed by atoms with E-state index in [0.29, 0.717) is 21.5 Å². The van der Waals surface area contributed by atoms with Crippen LogP contribution < -0.4 is 10.1 Å². The van der Waals surface area contributed by atoms with Crippen LogP contribution in [0.1, 0.15) is 22.8 Å². The monoisotopic (exact) mass is 402 g/mol. The number of nitriles is 1. The molecule has 0 spiro atoms. The Bertz CT molecular complexity index is 845. The van der Waals surface area contributed by atoms with Crippen LogP contribution in [0.4, 0.5) is 5.69 Å². The van der Waals surface area contributed by atoms with Gasteiger partial charge in [-0.15, -0.1) is 0 Å². The summed E-state index contributed by atoms with van der Waals surface area (Å²) in [6.07, 6.45) is -1.02. The number of esters is 1. The molecule has 1 amide bonds. The Labute approximate surface area is 153 Å². The number of hydrogen-bond acceptors (Lipinski definition) is 5. The summed E-state index contributed by atoms with van der Waals surface area (Å²) in [5.74, 6) is -0.651. The third-order valence-electron chi connectivity index (χ3n) is 3.31. The molecule has 0 fully saturated rings. The summed E-state index contributed by atoms with van der Waals surface area (Å²) in [7, 11) is 1.49. The van der Waals surface area contributed by atoms with E-state index < -0.39 is 18.0 Å². The van der Waals surface area contributed by atoms with Gasteiger partial charge >= 0.3 is 5.97 Å². The van der Waals surface area contributed by atoms with Crippen molar-refractivity contribution in [3.05, 3.63) is 58.1 Å². The Morgan fingerprint density at radius 2 is 2.00 bits per heavy atom. The van der Waals surface area contributed by atoms with Gasteiger partial charge in [-0.25, -0.2) is 4.79 Å². The zero-order valence-corrected chi connectivity index (χ0v) is 15.2. The van der Waals surface area contributed by atoms with E-state index in [2.05, 4.69) is 21.2 Å². The molecule has 25 heavy (non-hydrogen) atoms. The Morgan fingerprint density at radius 3 is 2.68 bits per heavy atom. The molecule has 0 saturated heterocycles. The second-order valence-electron chi connectivity index (χ2n) is 5.08. The van der Waals surface area contributed by atoms with E-state index in [-0.39, 0.29) is 5.56 Å². The largest absolute Gasteiger partial charge is 0.497 e. The van der Waals surface area contributed by atoms with Crippen molar-refractivity contribution < 1.29 is 19.1 Å². The summed E-state index contributed by atoms with van der Waals surface area (Å²) in [4.78, 5) is 24.4. The van der Waals surface area contributed by atoms with Crippen molar-refractivity contribution in [2.75, 3.05) is 12.4 Å². The zero-order chi connectivity index (χ0) is 18.4. The summed E-state index contributed by atoms with van der Waals surface area (Å²) in [5.41, 5.74) is 1.13. The van der Waals surface area contributed by atoms with Gasteiger partial charge in [-0.2, -0.15) is 5.26 Å². The molecule has 6 nitrogen and oxygen atoms in total. The molecule has 2 aromatic carbocycles. The SMILES string of the molecule is COc1ccc(Br)c(C(=O)OC(C)C(=O)Nc2cccc(C#N)c2)c1. The number of halogens is 1. The highest BCUT2D eigenvalue weighted by Crippen LogP contribution is 2.23. The molecule has 0 aliphatic heterocycles. The van der Waals surface area contributed by atoms with E-state index in [4.69, 9.17) is 14.7 Å². The predicted molar refractivity (Wildman–Crippen MR) is 95.4 cm³/mol. The number of carbonyl (C=O) groups is 2. The highest BCUT2D eigenvalue weighted by molar-refractivity contribution is 9.10. The van der Waals surface area contributed by atoms with Gasteiger partial charge in [0.25, 0.3) is 5.91 Å². The lowest BCUT2D eigenvalue weighted by molar-refractivity contribution is -0.123. The topological polar surface area (TPSA) is 88.4 Å². The first-order valence-electron chi connectivity index (χ1n) is 7.30.